The molecule has 2 aliphatic carbocycles. The summed E-state index contributed by atoms with van der Waals surface area (Å²) in [7, 11) is 1.45. The molecule has 0 bridgehead atoms. The first-order valence-electron chi connectivity index (χ1n) is 11.4. The molecule has 3 N–H and O–H groups in total. The first-order chi connectivity index (χ1) is 14.7. The topological polar surface area (TPSA) is 113 Å². The highest BCUT2D eigenvalue weighted by atomic mass is 16.5. The standard InChI is InChI=1S/C24H38O7/c1-5-14(2)24(29)31-21-12-18(26)10-16-7-6-15(3)20(23(16)21)9-8-17(25)11-19(30-4)13-22(27)28/h6-7,10,14-15,17-21,23,25-26H,5,8-9,11-13H2,1-4H3,(H,27,28)/t14-,15-,17+,18+,19+,20-,21-,23-/m0/s1. The third-order valence-corrected chi connectivity index (χ3v) is 6.76. The maximum atomic E-state index is 12.5. The van der Waals surface area contributed by atoms with Crippen molar-refractivity contribution < 1.29 is 34.4 Å². The Morgan fingerprint density at radius 2 is 2.03 bits per heavy atom. The van der Waals surface area contributed by atoms with Crippen molar-refractivity contribution in [1.82, 2.24) is 0 Å². The molecule has 0 heterocycles. The van der Waals surface area contributed by atoms with Crippen LogP contribution in [0.3, 0.4) is 0 Å². The Morgan fingerprint density at radius 1 is 1.32 bits per heavy atom. The minimum absolute atomic E-state index is 0.0270. The number of aliphatic hydroxyl groups is 2. The Bertz CT molecular complexity index is 671. The van der Waals surface area contributed by atoms with Gasteiger partial charge < -0.3 is 24.8 Å². The maximum Gasteiger partial charge on any atom is 0.308 e. The largest absolute Gasteiger partial charge is 0.481 e. The van der Waals surface area contributed by atoms with Crippen LogP contribution in [0.1, 0.15) is 59.3 Å². The molecule has 176 valence electrons. The number of carboxylic acid groups (broad SMARTS) is 1. The van der Waals surface area contributed by atoms with E-state index in [1.807, 2.05) is 26.0 Å². The second-order valence-electron chi connectivity index (χ2n) is 9.08. The lowest BCUT2D eigenvalue weighted by Crippen LogP contribution is -2.43. The van der Waals surface area contributed by atoms with Crippen LogP contribution < -0.4 is 0 Å². The van der Waals surface area contributed by atoms with E-state index in [0.29, 0.717) is 25.7 Å². The molecule has 2 rings (SSSR count). The Balaban J connectivity index is 2.10. The number of carboxylic acids is 1. The van der Waals surface area contributed by atoms with Gasteiger partial charge in [-0.1, -0.05) is 39.0 Å². The molecule has 0 amide bonds. The van der Waals surface area contributed by atoms with Crippen LogP contribution in [0.2, 0.25) is 0 Å². The minimum Gasteiger partial charge on any atom is -0.481 e. The summed E-state index contributed by atoms with van der Waals surface area (Å²) in [5.41, 5.74) is 0.985. The van der Waals surface area contributed by atoms with Crippen LogP contribution in [-0.2, 0) is 19.1 Å². The average Bonchev–Trinajstić information content (AvgIpc) is 2.71. The first kappa shape index (κ1) is 25.6. The van der Waals surface area contributed by atoms with E-state index in [0.717, 1.165) is 5.57 Å². The molecule has 7 nitrogen and oxygen atoms in total. The fourth-order valence-corrected chi connectivity index (χ4v) is 4.68. The van der Waals surface area contributed by atoms with Gasteiger partial charge in [0.25, 0.3) is 0 Å². The van der Waals surface area contributed by atoms with Crippen LogP contribution in [0.4, 0.5) is 0 Å². The highest BCUT2D eigenvalue weighted by Crippen LogP contribution is 2.44. The second kappa shape index (κ2) is 11.8. The second-order valence-corrected chi connectivity index (χ2v) is 9.08. The number of fused-ring (bicyclic) bond motifs is 1. The van der Waals surface area contributed by atoms with E-state index >= 15 is 0 Å². The summed E-state index contributed by atoms with van der Waals surface area (Å²) >= 11 is 0. The van der Waals surface area contributed by atoms with E-state index in [1.165, 1.54) is 7.11 Å². The van der Waals surface area contributed by atoms with Gasteiger partial charge in [0.1, 0.15) is 6.10 Å². The van der Waals surface area contributed by atoms with E-state index in [4.69, 9.17) is 14.6 Å². The first-order valence-corrected chi connectivity index (χ1v) is 11.4. The number of aliphatic carboxylic acids is 1. The fourth-order valence-electron chi connectivity index (χ4n) is 4.68. The normalized spacial score (nSPS) is 30.6. The van der Waals surface area contributed by atoms with E-state index in [2.05, 4.69) is 13.0 Å². The number of esters is 1. The van der Waals surface area contributed by atoms with Gasteiger partial charge in [0, 0.05) is 25.9 Å². The van der Waals surface area contributed by atoms with Crippen LogP contribution in [0, 0.1) is 23.7 Å². The number of allylic oxidation sites excluding steroid dienone is 2. The van der Waals surface area contributed by atoms with E-state index < -0.39 is 30.4 Å². The predicted molar refractivity (Wildman–Crippen MR) is 116 cm³/mol. The summed E-state index contributed by atoms with van der Waals surface area (Å²) in [4.78, 5) is 23.4. The van der Waals surface area contributed by atoms with E-state index in [9.17, 15) is 19.8 Å². The molecular formula is C24H38O7. The van der Waals surface area contributed by atoms with E-state index in [1.54, 1.807) is 0 Å². The zero-order valence-corrected chi connectivity index (χ0v) is 19.1. The Labute approximate surface area is 185 Å². The van der Waals surface area contributed by atoms with Crippen molar-refractivity contribution in [2.45, 2.75) is 83.7 Å². The summed E-state index contributed by atoms with van der Waals surface area (Å²) in [6.45, 7) is 5.91. The molecular weight excluding hydrogens is 400 g/mol. The summed E-state index contributed by atoms with van der Waals surface area (Å²) in [5.74, 6) is -1.03. The number of hydrogen-bond donors (Lipinski definition) is 3. The highest BCUT2D eigenvalue weighted by molar-refractivity contribution is 5.72. The van der Waals surface area contributed by atoms with Crippen molar-refractivity contribution in [2.75, 3.05) is 7.11 Å². The van der Waals surface area contributed by atoms with Crippen molar-refractivity contribution >= 4 is 11.9 Å². The van der Waals surface area contributed by atoms with Gasteiger partial charge in [-0.05, 0) is 36.7 Å². The molecule has 0 aromatic carbocycles. The molecule has 8 atom stereocenters. The van der Waals surface area contributed by atoms with Crippen molar-refractivity contribution in [1.29, 1.82) is 0 Å². The van der Waals surface area contributed by atoms with Gasteiger partial charge in [0.15, 0.2) is 0 Å². The molecule has 0 saturated carbocycles. The van der Waals surface area contributed by atoms with Crippen LogP contribution in [-0.4, -0.2) is 58.8 Å². The van der Waals surface area contributed by atoms with Crippen molar-refractivity contribution in [3.8, 4) is 0 Å². The third kappa shape index (κ3) is 7.16. The molecule has 0 unspecified atom stereocenters. The zero-order valence-electron chi connectivity index (χ0n) is 19.1. The van der Waals surface area contributed by atoms with Crippen LogP contribution in [0.5, 0.6) is 0 Å². The molecule has 0 aliphatic heterocycles. The predicted octanol–water partition coefficient (Wildman–Crippen LogP) is 3.09. The molecule has 0 saturated heterocycles. The van der Waals surface area contributed by atoms with Gasteiger partial charge in [0.05, 0.1) is 30.7 Å². The summed E-state index contributed by atoms with van der Waals surface area (Å²) in [6, 6.07) is 0. The number of rotatable bonds is 11. The van der Waals surface area contributed by atoms with Crippen LogP contribution in [0.15, 0.2) is 23.8 Å². The van der Waals surface area contributed by atoms with Crippen molar-refractivity contribution in [2.24, 2.45) is 23.7 Å². The zero-order chi connectivity index (χ0) is 23.1. The molecule has 2 aliphatic rings. The molecule has 0 aromatic rings. The highest BCUT2D eigenvalue weighted by Gasteiger charge is 2.42. The summed E-state index contributed by atoms with van der Waals surface area (Å²) in [6.07, 6.45) is 6.11. The lowest BCUT2D eigenvalue weighted by atomic mass is 9.66. The maximum absolute atomic E-state index is 12.5. The molecule has 0 fully saturated rings. The Hall–Kier alpha value is -1.70. The minimum atomic E-state index is -0.952. The van der Waals surface area contributed by atoms with Crippen LogP contribution in [0.25, 0.3) is 0 Å². The van der Waals surface area contributed by atoms with Gasteiger partial charge in [0.2, 0.25) is 0 Å². The van der Waals surface area contributed by atoms with Gasteiger partial charge in [-0.15, -0.1) is 0 Å². The van der Waals surface area contributed by atoms with Gasteiger partial charge in [-0.3, -0.25) is 9.59 Å². The number of aliphatic hydroxyl groups excluding tert-OH is 2. The quantitative estimate of drug-likeness (QED) is 0.425. The molecule has 0 radical (unpaired) electrons. The van der Waals surface area contributed by atoms with Crippen LogP contribution >= 0.6 is 0 Å². The summed E-state index contributed by atoms with van der Waals surface area (Å²) in [5, 5.41) is 29.8. The monoisotopic (exact) mass is 438 g/mol. The smallest absolute Gasteiger partial charge is 0.308 e. The lowest BCUT2D eigenvalue weighted by Gasteiger charge is -2.43. The third-order valence-electron chi connectivity index (χ3n) is 6.76. The Kier molecular flexibility index (Phi) is 9.72. The van der Waals surface area contributed by atoms with Crippen molar-refractivity contribution in [3.63, 3.8) is 0 Å². The molecule has 7 heteroatoms. The number of carbonyl (C=O) groups excluding carboxylic acids is 1. The molecule has 0 aromatic heterocycles. The molecule has 0 spiro atoms. The fraction of sp³-hybridized carbons (Fsp3) is 0.750. The van der Waals surface area contributed by atoms with Gasteiger partial charge in [-0.25, -0.2) is 0 Å². The Morgan fingerprint density at radius 3 is 2.65 bits per heavy atom. The number of hydrogen-bond acceptors (Lipinski definition) is 6. The average molecular weight is 439 g/mol. The SMILES string of the molecule is CC[C@H](C)C(=O)O[C@H]1C[C@H](O)C=C2C=C[C@H](C)[C@H](CC[C@@H](O)C[C@H](CC(=O)O)OC)[C@H]21. The van der Waals surface area contributed by atoms with Gasteiger partial charge >= 0.3 is 11.9 Å². The molecule has 31 heavy (non-hydrogen) atoms. The van der Waals surface area contributed by atoms with E-state index in [-0.39, 0.29) is 42.5 Å². The summed E-state index contributed by atoms with van der Waals surface area (Å²) < 4.78 is 11.1. The lowest BCUT2D eigenvalue weighted by molar-refractivity contribution is -0.159. The number of methoxy groups -OCH3 is 1. The number of ether oxygens (including phenoxy) is 2. The number of carbonyl (C=O) groups is 2. The van der Waals surface area contributed by atoms with Crippen molar-refractivity contribution in [3.05, 3.63) is 23.8 Å². The van der Waals surface area contributed by atoms with Gasteiger partial charge in [-0.2, -0.15) is 0 Å².